The second-order valence-corrected chi connectivity index (χ2v) is 10.6. The molecule has 1 amide bonds. The van der Waals surface area contributed by atoms with Gasteiger partial charge in [-0.2, -0.15) is 0 Å². The maximum atomic E-state index is 16.0. The minimum Gasteiger partial charge on any atom is -0.451 e. The minimum atomic E-state index is -1.03. The first-order chi connectivity index (χ1) is 21.4. The van der Waals surface area contributed by atoms with Crippen molar-refractivity contribution in [3.63, 3.8) is 0 Å². The number of morpholine rings is 2. The van der Waals surface area contributed by atoms with E-state index in [0.29, 0.717) is 18.7 Å². The highest BCUT2D eigenvalue weighted by Gasteiger charge is 2.48. The van der Waals surface area contributed by atoms with Crippen LogP contribution >= 0.6 is 0 Å². The molecule has 0 N–H and O–H groups in total. The number of fused-ring (bicyclic) bond motifs is 7. The van der Waals surface area contributed by atoms with Crippen LogP contribution in [-0.4, -0.2) is 81.2 Å². The molecule has 1 unspecified atom stereocenters. The summed E-state index contributed by atoms with van der Waals surface area (Å²) in [4.78, 5) is 42.2. The van der Waals surface area contributed by atoms with Gasteiger partial charge < -0.3 is 33.5 Å². The summed E-state index contributed by atoms with van der Waals surface area (Å²) in [6.45, 7) is 0.863. The minimum absolute atomic E-state index is 0.104. The highest BCUT2D eigenvalue weighted by molar-refractivity contribution is 5.96. The third kappa shape index (κ3) is 4.35. The maximum absolute atomic E-state index is 16.0. The topological polar surface area (TPSA) is 112 Å². The Balaban J connectivity index is 1.48. The summed E-state index contributed by atoms with van der Waals surface area (Å²) in [6, 6.07) is 10.1. The summed E-state index contributed by atoms with van der Waals surface area (Å²) < 4.78 is 58.9. The van der Waals surface area contributed by atoms with Crippen LogP contribution in [0, 0.1) is 11.6 Å². The van der Waals surface area contributed by atoms with Crippen LogP contribution in [0.2, 0.25) is 0 Å². The fourth-order valence-corrected chi connectivity index (χ4v) is 6.58. The van der Waals surface area contributed by atoms with Crippen molar-refractivity contribution >= 4 is 17.7 Å². The highest BCUT2D eigenvalue weighted by atomic mass is 19.2. The molecule has 2 saturated heterocycles. The molecule has 0 bridgehead atoms. The fourth-order valence-electron chi connectivity index (χ4n) is 6.58. The summed E-state index contributed by atoms with van der Waals surface area (Å²) in [5, 5.41) is 1.83. The van der Waals surface area contributed by atoms with Gasteiger partial charge in [0.15, 0.2) is 17.3 Å². The summed E-state index contributed by atoms with van der Waals surface area (Å²) in [5.41, 5.74) is 1.45. The number of hydrogen-bond donors (Lipinski definition) is 0. The van der Waals surface area contributed by atoms with Crippen molar-refractivity contribution in [2.45, 2.75) is 18.2 Å². The Hall–Kier alpha value is -4.69. The lowest BCUT2D eigenvalue weighted by atomic mass is 9.91. The molecule has 12 nitrogen and oxygen atoms in total. The van der Waals surface area contributed by atoms with Crippen LogP contribution in [0.5, 0.6) is 5.75 Å². The maximum Gasteiger partial charge on any atom is 0.510 e. The van der Waals surface area contributed by atoms with Gasteiger partial charge in [-0.1, -0.05) is 24.3 Å². The number of methoxy groups -OCH3 is 1. The zero-order chi connectivity index (χ0) is 30.5. The van der Waals surface area contributed by atoms with Gasteiger partial charge in [0.2, 0.25) is 18.0 Å². The normalized spacial score (nSPS) is 22.1. The highest BCUT2D eigenvalue weighted by Crippen LogP contribution is 2.48. The van der Waals surface area contributed by atoms with Crippen molar-refractivity contribution in [3.8, 4) is 5.75 Å². The average molecular weight is 611 g/mol. The first kappa shape index (κ1) is 28.1. The van der Waals surface area contributed by atoms with Crippen molar-refractivity contribution in [3.05, 3.63) is 92.9 Å². The predicted molar refractivity (Wildman–Crippen MR) is 149 cm³/mol. The van der Waals surface area contributed by atoms with E-state index in [-0.39, 0.29) is 43.4 Å². The van der Waals surface area contributed by atoms with E-state index in [4.69, 9.17) is 18.9 Å². The smallest absolute Gasteiger partial charge is 0.451 e. The van der Waals surface area contributed by atoms with E-state index in [1.54, 1.807) is 11.0 Å². The van der Waals surface area contributed by atoms with E-state index in [0.717, 1.165) is 24.4 Å². The molecular formula is C30H28F2N4O8. The molecule has 5 heterocycles. The third-order valence-electron chi connectivity index (χ3n) is 8.43. The first-order valence-corrected chi connectivity index (χ1v) is 14.1. The van der Waals surface area contributed by atoms with Gasteiger partial charge in [-0.25, -0.2) is 13.6 Å². The van der Waals surface area contributed by atoms with Crippen molar-refractivity contribution in [2.24, 2.45) is 0 Å². The molecule has 0 aliphatic carbocycles. The van der Waals surface area contributed by atoms with E-state index in [1.807, 2.05) is 34.2 Å². The number of benzene rings is 2. The molecule has 0 radical (unpaired) electrons. The molecular weight excluding hydrogens is 582 g/mol. The number of halogens is 2. The molecule has 2 aromatic carbocycles. The summed E-state index contributed by atoms with van der Waals surface area (Å²) in [7, 11) is 1.12. The SMILES string of the molecule is COC(=O)OCOc1c2n(ccc1=O)N([C@@H]1c3ccccc3N3CCOCC3c3c1ccc(F)c3F)[C@@H]1COCCN1C2=O. The Labute approximate surface area is 249 Å². The van der Waals surface area contributed by atoms with Crippen LogP contribution in [0.3, 0.4) is 0 Å². The predicted octanol–water partition coefficient (Wildman–Crippen LogP) is 2.68. The summed E-state index contributed by atoms with van der Waals surface area (Å²) in [6.07, 6.45) is -0.285. The number of nitrogens with zero attached hydrogens (tertiary/aromatic N) is 4. The number of aromatic nitrogens is 1. The molecule has 4 aliphatic rings. The second-order valence-electron chi connectivity index (χ2n) is 10.6. The van der Waals surface area contributed by atoms with E-state index < -0.39 is 54.2 Å². The van der Waals surface area contributed by atoms with Crippen LogP contribution in [0.15, 0.2) is 53.5 Å². The lowest BCUT2D eigenvalue weighted by Gasteiger charge is -2.51. The summed E-state index contributed by atoms with van der Waals surface area (Å²) in [5.74, 6) is -2.80. The quantitative estimate of drug-likeness (QED) is 0.323. The number of carbonyl (C=O) groups excluding carboxylic acids is 2. The van der Waals surface area contributed by atoms with Crippen LogP contribution in [0.25, 0.3) is 0 Å². The van der Waals surface area contributed by atoms with E-state index >= 15 is 4.39 Å². The molecule has 3 aromatic rings. The molecule has 44 heavy (non-hydrogen) atoms. The number of pyridine rings is 1. The average Bonchev–Trinajstić information content (AvgIpc) is 3.17. The molecule has 230 valence electrons. The van der Waals surface area contributed by atoms with Gasteiger partial charge in [-0.3, -0.25) is 19.3 Å². The number of anilines is 1. The van der Waals surface area contributed by atoms with Gasteiger partial charge in [-0.15, -0.1) is 0 Å². The van der Waals surface area contributed by atoms with Gasteiger partial charge in [0.05, 0.1) is 39.6 Å². The van der Waals surface area contributed by atoms with Crippen LogP contribution < -0.4 is 20.1 Å². The molecule has 0 spiro atoms. The Bertz CT molecular complexity index is 1700. The van der Waals surface area contributed by atoms with E-state index in [2.05, 4.69) is 4.74 Å². The largest absolute Gasteiger partial charge is 0.510 e. The van der Waals surface area contributed by atoms with Crippen LogP contribution in [0.4, 0.5) is 19.3 Å². The van der Waals surface area contributed by atoms with Crippen LogP contribution in [0.1, 0.15) is 39.3 Å². The number of hydrogen-bond acceptors (Lipinski definition) is 10. The van der Waals surface area contributed by atoms with Crippen molar-refractivity contribution in [1.82, 2.24) is 9.58 Å². The van der Waals surface area contributed by atoms with Crippen LogP contribution in [-0.2, 0) is 18.9 Å². The number of ether oxygens (including phenoxy) is 5. The zero-order valence-electron chi connectivity index (χ0n) is 23.6. The lowest BCUT2D eigenvalue weighted by molar-refractivity contribution is -0.0208. The van der Waals surface area contributed by atoms with Gasteiger partial charge in [0.25, 0.3) is 5.91 Å². The zero-order valence-corrected chi connectivity index (χ0v) is 23.6. The van der Waals surface area contributed by atoms with Gasteiger partial charge in [0, 0.05) is 42.2 Å². The molecule has 14 heteroatoms. The molecule has 4 aliphatic heterocycles. The first-order valence-electron chi connectivity index (χ1n) is 14.1. The fraction of sp³-hybridized carbons (Fsp3) is 0.367. The standard InChI is InChI=1S/C30H28F2N4O8/c1-40-30(39)44-16-43-28-22(37)8-9-35-27(28)29(38)34-11-13-42-15-23(34)36(35)26-17-4-2-3-5-20(17)33-10-12-41-14-21(33)24-18(26)6-7-19(31)25(24)32/h2-9,21,23,26H,10-16H2,1H3/t21?,23-,26-/m1/s1. The Morgan fingerprint density at radius 2 is 1.75 bits per heavy atom. The third-order valence-corrected chi connectivity index (χ3v) is 8.43. The van der Waals surface area contributed by atoms with Gasteiger partial charge in [-0.05, 0) is 17.7 Å². The van der Waals surface area contributed by atoms with Gasteiger partial charge >= 0.3 is 6.16 Å². The molecule has 7 rings (SSSR count). The van der Waals surface area contributed by atoms with Gasteiger partial charge in [0.1, 0.15) is 12.2 Å². The molecule has 0 saturated carbocycles. The van der Waals surface area contributed by atoms with Crippen molar-refractivity contribution in [1.29, 1.82) is 0 Å². The molecule has 3 atom stereocenters. The monoisotopic (exact) mass is 610 g/mol. The van der Waals surface area contributed by atoms with E-state index in [1.165, 1.54) is 16.9 Å². The van der Waals surface area contributed by atoms with Crippen molar-refractivity contribution < 1.29 is 42.1 Å². The number of carbonyl (C=O) groups is 2. The number of amides is 1. The molecule has 2 fully saturated rings. The number of para-hydroxylation sites is 1. The Morgan fingerprint density at radius 1 is 0.977 bits per heavy atom. The second kappa shape index (κ2) is 11.1. The van der Waals surface area contributed by atoms with E-state index in [9.17, 15) is 18.8 Å². The Kier molecular flexibility index (Phi) is 7.09. The van der Waals surface area contributed by atoms with Crippen molar-refractivity contribution in [2.75, 3.05) is 63.3 Å². The lowest BCUT2D eigenvalue weighted by Crippen LogP contribution is -2.66. The Morgan fingerprint density at radius 3 is 2.57 bits per heavy atom. The molecule has 1 aromatic heterocycles. The number of rotatable bonds is 4. The summed E-state index contributed by atoms with van der Waals surface area (Å²) >= 11 is 0.